The minimum atomic E-state index is -0.966. The van der Waals surface area contributed by atoms with Gasteiger partial charge in [0.1, 0.15) is 5.60 Å². The number of ether oxygens (including phenoxy) is 2. The standard InChI is InChI=1S/C12H18ClNO6/c1-5-18-9(16)7-19-14-10(8(15)6-13)11(17)20-12(2,3)4/h5-7H2,1-4H3. The highest BCUT2D eigenvalue weighted by atomic mass is 35.5. The van der Waals surface area contributed by atoms with Gasteiger partial charge < -0.3 is 14.3 Å². The lowest BCUT2D eigenvalue weighted by molar-refractivity contribution is -0.150. The molecule has 8 heteroatoms. The first kappa shape index (κ1) is 18.4. The zero-order valence-corrected chi connectivity index (χ0v) is 12.7. The molecule has 0 bridgehead atoms. The average molecular weight is 308 g/mol. The summed E-state index contributed by atoms with van der Waals surface area (Å²) in [5.41, 5.74) is -1.40. The van der Waals surface area contributed by atoms with E-state index >= 15 is 0 Å². The van der Waals surface area contributed by atoms with Crippen molar-refractivity contribution in [2.24, 2.45) is 5.16 Å². The van der Waals surface area contributed by atoms with Crippen molar-refractivity contribution in [2.45, 2.75) is 33.3 Å². The van der Waals surface area contributed by atoms with Gasteiger partial charge in [-0.05, 0) is 27.7 Å². The maximum Gasteiger partial charge on any atom is 0.364 e. The van der Waals surface area contributed by atoms with Gasteiger partial charge in [-0.25, -0.2) is 9.59 Å². The topological polar surface area (TPSA) is 91.3 Å². The number of carbonyl (C=O) groups excluding carboxylic acids is 3. The van der Waals surface area contributed by atoms with E-state index in [-0.39, 0.29) is 6.61 Å². The number of carbonyl (C=O) groups is 3. The second kappa shape index (κ2) is 8.52. The Labute approximate surface area is 122 Å². The Balaban J connectivity index is 4.76. The molecule has 0 aromatic carbocycles. The number of nitrogens with zero attached hydrogens (tertiary/aromatic N) is 1. The van der Waals surface area contributed by atoms with Crippen LogP contribution in [0.1, 0.15) is 27.7 Å². The molecular weight excluding hydrogens is 290 g/mol. The summed E-state index contributed by atoms with van der Waals surface area (Å²) >= 11 is 5.37. The lowest BCUT2D eigenvalue weighted by atomic mass is 10.2. The third kappa shape index (κ3) is 7.73. The fraction of sp³-hybridized carbons (Fsp3) is 0.667. The second-order valence-electron chi connectivity index (χ2n) is 4.58. The molecule has 114 valence electrons. The molecule has 0 aliphatic carbocycles. The van der Waals surface area contributed by atoms with Crippen LogP contribution in [0.3, 0.4) is 0 Å². The van der Waals surface area contributed by atoms with E-state index < -0.39 is 41.5 Å². The van der Waals surface area contributed by atoms with Crippen LogP contribution in [-0.2, 0) is 28.7 Å². The van der Waals surface area contributed by atoms with Crippen molar-refractivity contribution in [1.82, 2.24) is 0 Å². The van der Waals surface area contributed by atoms with Crippen molar-refractivity contribution in [2.75, 3.05) is 19.1 Å². The van der Waals surface area contributed by atoms with Gasteiger partial charge in [0.2, 0.25) is 18.1 Å². The molecule has 0 unspecified atom stereocenters. The quantitative estimate of drug-likeness (QED) is 0.230. The van der Waals surface area contributed by atoms with Gasteiger partial charge in [0.15, 0.2) is 0 Å². The molecule has 0 radical (unpaired) electrons. The molecule has 0 saturated carbocycles. The summed E-state index contributed by atoms with van der Waals surface area (Å²) in [6.07, 6.45) is 0. The maximum absolute atomic E-state index is 11.7. The lowest BCUT2D eigenvalue weighted by Gasteiger charge is -2.19. The van der Waals surface area contributed by atoms with Gasteiger partial charge in [0.05, 0.1) is 12.5 Å². The van der Waals surface area contributed by atoms with Crippen molar-refractivity contribution in [1.29, 1.82) is 0 Å². The van der Waals surface area contributed by atoms with E-state index in [9.17, 15) is 14.4 Å². The number of Topliss-reactive ketones (excluding diaryl/α,β-unsaturated/α-hetero) is 1. The first-order chi connectivity index (χ1) is 9.21. The number of hydrogen-bond donors (Lipinski definition) is 0. The fourth-order valence-electron chi connectivity index (χ4n) is 0.944. The summed E-state index contributed by atoms with van der Waals surface area (Å²) in [5.74, 6) is -2.85. The molecule has 0 N–H and O–H groups in total. The predicted molar refractivity (Wildman–Crippen MR) is 71.6 cm³/mol. The summed E-state index contributed by atoms with van der Waals surface area (Å²) < 4.78 is 9.57. The summed E-state index contributed by atoms with van der Waals surface area (Å²) in [6, 6.07) is 0. The third-order valence-electron chi connectivity index (χ3n) is 1.62. The maximum atomic E-state index is 11.7. The molecule has 0 spiro atoms. The number of rotatable bonds is 7. The second-order valence-corrected chi connectivity index (χ2v) is 4.84. The summed E-state index contributed by atoms with van der Waals surface area (Å²) in [5, 5.41) is 3.31. The van der Waals surface area contributed by atoms with Gasteiger partial charge in [-0.15, -0.1) is 11.6 Å². The normalized spacial score (nSPS) is 11.8. The molecule has 0 aliphatic heterocycles. The van der Waals surface area contributed by atoms with Crippen LogP contribution in [0.2, 0.25) is 0 Å². The number of halogens is 1. The molecule has 0 amide bonds. The zero-order chi connectivity index (χ0) is 15.8. The van der Waals surface area contributed by atoms with Gasteiger partial charge in [0.25, 0.3) is 0 Å². The Hall–Kier alpha value is -1.63. The SMILES string of the molecule is CCOC(=O)CON=C(C(=O)CCl)C(=O)OC(C)(C)C. The zero-order valence-electron chi connectivity index (χ0n) is 11.9. The highest BCUT2D eigenvalue weighted by Gasteiger charge is 2.27. The van der Waals surface area contributed by atoms with Crippen LogP contribution in [0.4, 0.5) is 0 Å². The van der Waals surface area contributed by atoms with Crippen LogP contribution >= 0.6 is 11.6 Å². The minimum Gasteiger partial charge on any atom is -0.463 e. The van der Waals surface area contributed by atoms with E-state index in [4.69, 9.17) is 16.3 Å². The summed E-state index contributed by atoms with van der Waals surface area (Å²) in [6.45, 7) is 6.19. The Morgan fingerprint density at radius 2 is 1.80 bits per heavy atom. The van der Waals surface area contributed by atoms with E-state index in [2.05, 4.69) is 14.7 Å². The van der Waals surface area contributed by atoms with Crippen molar-refractivity contribution >= 4 is 35.0 Å². The first-order valence-electron chi connectivity index (χ1n) is 5.89. The van der Waals surface area contributed by atoms with Crippen LogP contribution in [0.5, 0.6) is 0 Å². The molecule has 20 heavy (non-hydrogen) atoms. The highest BCUT2D eigenvalue weighted by molar-refractivity contribution is 6.67. The van der Waals surface area contributed by atoms with E-state index in [1.54, 1.807) is 27.7 Å². The van der Waals surface area contributed by atoms with E-state index in [0.717, 1.165) is 0 Å². The first-order valence-corrected chi connectivity index (χ1v) is 6.42. The Kier molecular flexibility index (Phi) is 7.83. The van der Waals surface area contributed by atoms with Gasteiger partial charge in [0, 0.05) is 0 Å². The van der Waals surface area contributed by atoms with E-state index in [1.807, 2.05) is 0 Å². The number of alkyl halides is 1. The van der Waals surface area contributed by atoms with Gasteiger partial charge >= 0.3 is 11.9 Å². The van der Waals surface area contributed by atoms with Gasteiger partial charge in [-0.3, -0.25) is 4.79 Å². The molecule has 7 nitrogen and oxygen atoms in total. The van der Waals surface area contributed by atoms with Crippen molar-refractivity contribution in [3.63, 3.8) is 0 Å². The van der Waals surface area contributed by atoms with E-state index in [1.165, 1.54) is 0 Å². The number of ketones is 1. The molecule has 0 heterocycles. The monoisotopic (exact) mass is 307 g/mol. The van der Waals surface area contributed by atoms with Crippen LogP contribution in [0.25, 0.3) is 0 Å². The van der Waals surface area contributed by atoms with Gasteiger partial charge in [-0.1, -0.05) is 5.16 Å². The van der Waals surface area contributed by atoms with Crippen molar-refractivity contribution in [3.05, 3.63) is 0 Å². The van der Waals surface area contributed by atoms with Crippen molar-refractivity contribution < 1.29 is 28.7 Å². The highest BCUT2D eigenvalue weighted by Crippen LogP contribution is 2.08. The Bertz CT molecular complexity index is 399. The molecule has 0 rings (SSSR count). The van der Waals surface area contributed by atoms with E-state index in [0.29, 0.717) is 0 Å². The third-order valence-corrected chi connectivity index (χ3v) is 1.86. The average Bonchev–Trinajstić information content (AvgIpc) is 2.31. The van der Waals surface area contributed by atoms with Crippen molar-refractivity contribution in [3.8, 4) is 0 Å². The molecule has 0 aromatic rings. The van der Waals surface area contributed by atoms with Crippen LogP contribution in [0, 0.1) is 0 Å². The molecule has 0 aliphatic rings. The fourth-order valence-corrected chi connectivity index (χ4v) is 1.07. The number of esters is 2. The number of hydrogen-bond acceptors (Lipinski definition) is 7. The Morgan fingerprint density at radius 1 is 1.20 bits per heavy atom. The molecule has 0 atom stereocenters. The molecule has 0 saturated heterocycles. The van der Waals surface area contributed by atoms with Crippen LogP contribution in [0.15, 0.2) is 5.16 Å². The Morgan fingerprint density at radius 3 is 2.25 bits per heavy atom. The predicted octanol–water partition coefficient (Wildman–Crippen LogP) is 1.07. The molecule has 0 fully saturated rings. The summed E-state index contributed by atoms with van der Waals surface area (Å²) in [4.78, 5) is 38.8. The van der Waals surface area contributed by atoms with Gasteiger partial charge in [-0.2, -0.15) is 0 Å². The smallest absolute Gasteiger partial charge is 0.364 e. The van der Waals surface area contributed by atoms with Crippen LogP contribution in [-0.4, -0.2) is 48.1 Å². The van der Waals surface area contributed by atoms with Crippen LogP contribution < -0.4 is 0 Å². The molecule has 0 aromatic heterocycles. The minimum absolute atomic E-state index is 0.186. The lowest BCUT2D eigenvalue weighted by Crippen LogP contribution is -2.34. The summed E-state index contributed by atoms with van der Waals surface area (Å²) in [7, 11) is 0. The largest absolute Gasteiger partial charge is 0.463 e. The number of oxime groups is 1. The molecular formula is C12H18ClNO6.